The Balaban J connectivity index is 0.000000686. The van der Waals surface area contributed by atoms with Gasteiger partial charge in [-0.25, -0.2) is 9.97 Å². The molecule has 2 aromatic carbocycles. The molecule has 0 aliphatic heterocycles. The number of carbonyl (C=O) groups is 1. The number of nitrogens with two attached hydrogens (primary N) is 2. The van der Waals surface area contributed by atoms with Crippen molar-refractivity contribution in [3.05, 3.63) is 72.1 Å². The van der Waals surface area contributed by atoms with Crippen LogP contribution >= 0.6 is 0 Å². The average molecular weight is 534 g/mol. The van der Waals surface area contributed by atoms with Crippen molar-refractivity contribution in [1.29, 1.82) is 5.41 Å². The maximum atomic E-state index is 10.7. The Kier molecular flexibility index (Phi) is 14.0. The van der Waals surface area contributed by atoms with Crippen LogP contribution in [0.1, 0.15) is 69.9 Å². The van der Waals surface area contributed by atoms with Crippen LogP contribution in [0.25, 0.3) is 0 Å². The van der Waals surface area contributed by atoms with E-state index in [-0.39, 0.29) is 23.6 Å². The Hall–Kier alpha value is -3.98. The summed E-state index contributed by atoms with van der Waals surface area (Å²) >= 11 is 0. The summed E-state index contributed by atoms with van der Waals surface area (Å²) in [5, 5.41) is 15.0. The fourth-order valence-corrected chi connectivity index (χ4v) is 4.26. The number of ether oxygens (including phenoxy) is 1. The molecule has 0 radical (unpaired) electrons. The number of benzene rings is 2. The van der Waals surface area contributed by atoms with Gasteiger partial charge in [0.25, 0.3) is 0 Å². The first-order valence-electron chi connectivity index (χ1n) is 13.6. The number of aromatic nitrogens is 2. The maximum Gasteiger partial charge on any atom is 0.207 e. The summed E-state index contributed by atoms with van der Waals surface area (Å²) in [5.41, 5.74) is 12.1. The molecule has 3 aromatic rings. The second kappa shape index (κ2) is 17.5. The van der Waals surface area contributed by atoms with Gasteiger partial charge in [0.2, 0.25) is 6.41 Å². The minimum atomic E-state index is 0.196. The fraction of sp³-hybridized carbons (Fsp3) is 0.400. The molecule has 0 spiro atoms. The highest BCUT2D eigenvalue weighted by Crippen LogP contribution is 2.28. The molecule has 0 atom stereocenters. The van der Waals surface area contributed by atoms with E-state index in [1.165, 1.54) is 32.6 Å². The molecule has 1 aliphatic carbocycles. The predicted octanol–water partition coefficient (Wildman–Crippen LogP) is 5.51. The van der Waals surface area contributed by atoms with Crippen LogP contribution in [-0.2, 0) is 4.79 Å². The Morgan fingerprint density at radius 3 is 2.10 bits per heavy atom. The van der Waals surface area contributed by atoms with Crippen molar-refractivity contribution in [3.8, 4) is 11.5 Å². The van der Waals surface area contributed by atoms with Crippen LogP contribution in [0, 0.1) is 5.41 Å². The van der Waals surface area contributed by atoms with E-state index < -0.39 is 0 Å². The Labute approximate surface area is 232 Å². The summed E-state index contributed by atoms with van der Waals surface area (Å²) in [7, 11) is 1.50. The minimum Gasteiger partial charge on any atom is -0.457 e. The van der Waals surface area contributed by atoms with Crippen molar-refractivity contribution in [2.75, 3.05) is 18.1 Å². The van der Waals surface area contributed by atoms with E-state index in [9.17, 15) is 4.79 Å². The highest BCUT2D eigenvalue weighted by molar-refractivity contribution is 6.16. The lowest BCUT2D eigenvalue weighted by Crippen LogP contribution is -2.36. The molecule has 0 saturated heterocycles. The third kappa shape index (κ3) is 10.0. The van der Waals surface area contributed by atoms with Crippen LogP contribution in [0.4, 0.5) is 11.6 Å². The van der Waals surface area contributed by atoms with Crippen molar-refractivity contribution in [2.45, 2.75) is 70.9 Å². The molecule has 1 aromatic heterocycles. The number of unbranched alkanes of at least 4 members (excludes halogenated alkanes) is 2. The van der Waals surface area contributed by atoms with E-state index in [4.69, 9.17) is 15.9 Å². The first-order chi connectivity index (χ1) is 19.0. The molecule has 1 amide bonds. The molecule has 0 unspecified atom stereocenters. The molecule has 1 saturated carbocycles. The fourth-order valence-electron chi connectivity index (χ4n) is 4.26. The number of amides is 1. The second-order valence-corrected chi connectivity index (χ2v) is 9.13. The molecule has 4 rings (SSSR count). The Morgan fingerprint density at radius 2 is 1.54 bits per heavy atom. The van der Waals surface area contributed by atoms with Crippen molar-refractivity contribution in [2.24, 2.45) is 5.73 Å². The highest BCUT2D eigenvalue weighted by Gasteiger charge is 2.23. The molecular weight excluding hydrogens is 490 g/mol. The smallest absolute Gasteiger partial charge is 0.207 e. The summed E-state index contributed by atoms with van der Waals surface area (Å²) in [6, 6.07) is 17.3. The Bertz CT molecular complexity index is 1110. The zero-order valence-electron chi connectivity index (χ0n) is 23.3. The molecule has 9 nitrogen and oxygen atoms in total. The van der Waals surface area contributed by atoms with Crippen molar-refractivity contribution in [1.82, 2.24) is 15.3 Å². The molecule has 9 heteroatoms. The van der Waals surface area contributed by atoms with Gasteiger partial charge in [0.1, 0.15) is 29.5 Å². The third-order valence-corrected chi connectivity index (χ3v) is 6.33. The van der Waals surface area contributed by atoms with Gasteiger partial charge in [-0.1, -0.05) is 51.3 Å². The van der Waals surface area contributed by atoms with Gasteiger partial charge in [0.15, 0.2) is 0 Å². The number of nitrogen functional groups attached to an aromatic ring is 1. The van der Waals surface area contributed by atoms with Crippen molar-refractivity contribution in [3.63, 3.8) is 0 Å². The number of para-hydroxylation sites is 1. The van der Waals surface area contributed by atoms with Crippen LogP contribution in [0.3, 0.4) is 0 Å². The summed E-state index contributed by atoms with van der Waals surface area (Å²) in [4.78, 5) is 19.1. The SMILES string of the molecule is CCCCC.CN.N=C(c1ccc(Oc2ccccc2)cc1)c1c(N)ncnc1NC1CCC(NC=O)CC1. The minimum absolute atomic E-state index is 0.196. The van der Waals surface area contributed by atoms with Crippen LogP contribution < -0.4 is 26.8 Å². The topological polar surface area (TPSA) is 152 Å². The quantitative estimate of drug-likeness (QED) is 0.170. The van der Waals surface area contributed by atoms with Gasteiger partial charge in [-0.05, 0) is 69.1 Å². The van der Waals surface area contributed by atoms with Crippen LogP contribution in [0.5, 0.6) is 11.5 Å². The van der Waals surface area contributed by atoms with Gasteiger partial charge < -0.3 is 26.8 Å². The van der Waals surface area contributed by atoms with E-state index in [0.29, 0.717) is 22.7 Å². The molecule has 1 heterocycles. The van der Waals surface area contributed by atoms with Crippen molar-refractivity contribution >= 4 is 23.8 Å². The highest BCUT2D eigenvalue weighted by atomic mass is 16.5. The molecule has 39 heavy (non-hydrogen) atoms. The van der Waals surface area contributed by atoms with E-state index in [0.717, 1.165) is 37.8 Å². The summed E-state index contributed by atoms with van der Waals surface area (Å²) in [6.45, 7) is 4.42. The molecule has 1 fully saturated rings. The number of nitrogens with one attached hydrogen (secondary N) is 3. The van der Waals surface area contributed by atoms with Gasteiger partial charge in [0, 0.05) is 17.6 Å². The van der Waals surface area contributed by atoms with Gasteiger partial charge in [-0.2, -0.15) is 0 Å². The summed E-state index contributed by atoms with van der Waals surface area (Å²) < 4.78 is 5.83. The van der Waals surface area contributed by atoms with E-state index >= 15 is 0 Å². The van der Waals surface area contributed by atoms with E-state index in [2.05, 4.69) is 40.2 Å². The lowest BCUT2D eigenvalue weighted by molar-refractivity contribution is -0.110. The first-order valence-corrected chi connectivity index (χ1v) is 13.6. The van der Waals surface area contributed by atoms with Crippen molar-refractivity contribution < 1.29 is 9.53 Å². The van der Waals surface area contributed by atoms with Crippen LogP contribution in [0.15, 0.2) is 60.9 Å². The zero-order valence-corrected chi connectivity index (χ0v) is 23.3. The molecule has 0 bridgehead atoms. The largest absolute Gasteiger partial charge is 0.457 e. The lowest BCUT2D eigenvalue weighted by atomic mass is 9.91. The molecule has 1 aliphatic rings. The molecular formula is C30H43N7O2. The number of hydrogen-bond donors (Lipinski definition) is 5. The standard InChI is InChI=1S/C24H26N6O2.C5H12.CH5N/c25-22(16-6-12-20(13-7-16)32-19-4-2-1-3-5-19)21-23(26)27-14-28-24(21)30-18-10-8-17(9-11-18)29-15-31;1-3-5-4-2;1-2/h1-7,12-15,17-18,25H,8-11H2,(H,29,31)(H3,26,27,28,30);3-5H2,1-2H3;2H2,1H3. The monoisotopic (exact) mass is 533 g/mol. The van der Waals surface area contributed by atoms with E-state index in [1.807, 2.05) is 54.6 Å². The third-order valence-electron chi connectivity index (χ3n) is 6.33. The van der Waals surface area contributed by atoms with Gasteiger partial charge >= 0.3 is 0 Å². The molecule has 7 N–H and O–H groups in total. The number of hydrogen-bond acceptors (Lipinski definition) is 8. The average Bonchev–Trinajstić information content (AvgIpc) is 2.97. The number of carbonyl (C=O) groups excluding carboxylic acids is 1. The van der Waals surface area contributed by atoms with Gasteiger partial charge in [-0.3, -0.25) is 10.2 Å². The number of anilines is 2. The van der Waals surface area contributed by atoms with E-state index in [1.54, 1.807) is 0 Å². The lowest BCUT2D eigenvalue weighted by Gasteiger charge is -2.29. The van der Waals surface area contributed by atoms with Gasteiger partial charge in [0.05, 0.1) is 11.3 Å². The predicted molar refractivity (Wildman–Crippen MR) is 160 cm³/mol. The second-order valence-electron chi connectivity index (χ2n) is 9.13. The zero-order chi connectivity index (χ0) is 28.5. The van der Waals surface area contributed by atoms with Gasteiger partial charge in [-0.15, -0.1) is 0 Å². The van der Waals surface area contributed by atoms with Crippen LogP contribution in [-0.4, -0.2) is 41.2 Å². The normalized spacial score (nSPS) is 15.9. The maximum absolute atomic E-state index is 10.7. The molecule has 210 valence electrons. The van der Waals surface area contributed by atoms with Crippen LogP contribution in [0.2, 0.25) is 0 Å². The first kappa shape index (κ1) is 31.2. The summed E-state index contributed by atoms with van der Waals surface area (Å²) in [5.74, 6) is 2.25. The summed E-state index contributed by atoms with van der Waals surface area (Å²) in [6.07, 6.45) is 9.83. The number of rotatable bonds is 10. The Morgan fingerprint density at radius 1 is 0.949 bits per heavy atom. The number of nitrogens with zero attached hydrogens (tertiary/aromatic N) is 2.